The first kappa shape index (κ1) is 15.9. The number of nitriles is 1. The molecule has 0 aromatic rings. The zero-order valence-electron chi connectivity index (χ0n) is 12.3. The van der Waals surface area contributed by atoms with Crippen molar-refractivity contribution in [3.05, 3.63) is 0 Å². The molecule has 0 radical (unpaired) electrons. The molecule has 1 aliphatic carbocycles. The zero-order valence-corrected chi connectivity index (χ0v) is 13.1. The molecule has 0 aliphatic heterocycles. The normalized spacial score (nSPS) is 32.6. The predicted octanol–water partition coefficient (Wildman–Crippen LogP) is 3.84. The lowest BCUT2D eigenvalue weighted by molar-refractivity contribution is 0.167. The van der Waals surface area contributed by atoms with Crippen molar-refractivity contribution in [3.8, 4) is 6.07 Å². The van der Waals surface area contributed by atoms with Crippen molar-refractivity contribution < 1.29 is 5.11 Å². The van der Waals surface area contributed by atoms with Gasteiger partial charge in [0.05, 0.1) is 18.1 Å². The monoisotopic (exact) mass is 269 g/mol. The first-order valence-electron chi connectivity index (χ1n) is 6.98. The number of aliphatic hydroxyl groups excluding tert-OH is 1. The Bertz CT molecular complexity index is 303. The Hall–Kier alpha value is -0.200. The molecular formula is C15H27NOS. The van der Waals surface area contributed by atoms with Crippen LogP contribution in [0.4, 0.5) is 0 Å². The molecule has 0 saturated heterocycles. The first-order valence-corrected chi connectivity index (χ1v) is 7.93. The van der Waals surface area contributed by atoms with Crippen molar-refractivity contribution in [2.45, 2.75) is 70.5 Å². The molecule has 2 nitrogen and oxygen atoms in total. The van der Waals surface area contributed by atoms with Gasteiger partial charge in [-0.3, -0.25) is 0 Å². The highest BCUT2D eigenvalue weighted by Gasteiger charge is 2.37. The number of hydrogen-bond acceptors (Lipinski definition) is 3. The van der Waals surface area contributed by atoms with Crippen LogP contribution >= 0.6 is 11.8 Å². The van der Waals surface area contributed by atoms with Crippen LogP contribution in [-0.4, -0.2) is 21.7 Å². The summed E-state index contributed by atoms with van der Waals surface area (Å²) < 4.78 is 0. The Morgan fingerprint density at radius 2 is 1.89 bits per heavy atom. The van der Waals surface area contributed by atoms with E-state index < -0.39 is 0 Å². The van der Waals surface area contributed by atoms with Gasteiger partial charge in [0.1, 0.15) is 0 Å². The van der Waals surface area contributed by atoms with Gasteiger partial charge < -0.3 is 5.11 Å². The molecule has 0 aromatic heterocycles. The van der Waals surface area contributed by atoms with Gasteiger partial charge >= 0.3 is 0 Å². The van der Waals surface area contributed by atoms with Gasteiger partial charge in [-0.15, -0.1) is 0 Å². The van der Waals surface area contributed by atoms with E-state index in [1.54, 1.807) is 0 Å². The van der Waals surface area contributed by atoms with Gasteiger partial charge in [-0.05, 0) is 37.5 Å². The molecule has 18 heavy (non-hydrogen) atoms. The third-order valence-corrected chi connectivity index (χ3v) is 5.94. The smallest absolute Gasteiger partial charge is 0.0667 e. The van der Waals surface area contributed by atoms with Crippen LogP contribution < -0.4 is 0 Å². The average molecular weight is 269 g/mol. The second kappa shape index (κ2) is 6.30. The van der Waals surface area contributed by atoms with E-state index in [0.29, 0.717) is 16.6 Å². The van der Waals surface area contributed by atoms with Gasteiger partial charge in [0.25, 0.3) is 0 Å². The van der Waals surface area contributed by atoms with Gasteiger partial charge in [0.15, 0.2) is 0 Å². The average Bonchev–Trinajstić information content (AvgIpc) is 2.27. The van der Waals surface area contributed by atoms with Crippen molar-refractivity contribution in [2.75, 3.05) is 0 Å². The van der Waals surface area contributed by atoms with Gasteiger partial charge in [0, 0.05) is 10.5 Å². The summed E-state index contributed by atoms with van der Waals surface area (Å²) in [6, 6.07) is 2.47. The van der Waals surface area contributed by atoms with E-state index in [1.165, 1.54) is 6.42 Å². The maximum Gasteiger partial charge on any atom is 0.0667 e. The number of thioether (sulfide) groups is 1. The quantitative estimate of drug-likeness (QED) is 0.846. The third kappa shape index (κ3) is 4.17. The van der Waals surface area contributed by atoms with E-state index in [9.17, 15) is 10.4 Å². The summed E-state index contributed by atoms with van der Waals surface area (Å²) in [4.78, 5) is 0. The number of hydrogen-bond donors (Lipinski definition) is 1. The van der Waals surface area contributed by atoms with Crippen molar-refractivity contribution in [1.29, 1.82) is 5.26 Å². The lowest BCUT2D eigenvalue weighted by Gasteiger charge is -2.40. The molecule has 0 amide bonds. The highest BCUT2D eigenvalue weighted by Crippen LogP contribution is 2.44. The molecular weight excluding hydrogens is 242 g/mol. The fourth-order valence-corrected chi connectivity index (χ4v) is 4.11. The summed E-state index contributed by atoms with van der Waals surface area (Å²) in [7, 11) is 0. The molecule has 104 valence electrons. The van der Waals surface area contributed by atoms with E-state index in [-0.39, 0.29) is 17.3 Å². The number of aliphatic hydroxyl groups is 1. The predicted molar refractivity (Wildman–Crippen MR) is 78.4 cm³/mol. The van der Waals surface area contributed by atoms with E-state index in [2.05, 4.69) is 33.8 Å². The van der Waals surface area contributed by atoms with Crippen molar-refractivity contribution in [1.82, 2.24) is 0 Å². The maximum absolute atomic E-state index is 9.63. The fraction of sp³-hybridized carbons (Fsp3) is 0.933. The van der Waals surface area contributed by atoms with E-state index in [4.69, 9.17) is 0 Å². The van der Waals surface area contributed by atoms with Gasteiger partial charge in [-0.1, -0.05) is 27.7 Å². The van der Waals surface area contributed by atoms with Crippen LogP contribution in [0, 0.1) is 28.6 Å². The summed E-state index contributed by atoms with van der Waals surface area (Å²) in [5.41, 5.74) is 0.327. The molecule has 5 unspecified atom stereocenters. The highest BCUT2D eigenvalue weighted by molar-refractivity contribution is 8.00. The van der Waals surface area contributed by atoms with Crippen LogP contribution in [0.25, 0.3) is 0 Å². The van der Waals surface area contributed by atoms with Crippen LogP contribution in [0.5, 0.6) is 0 Å². The molecule has 1 fully saturated rings. The van der Waals surface area contributed by atoms with Crippen molar-refractivity contribution >= 4 is 11.8 Å². The summed E-state index contributed by atoms with van der Waals surface area (Å²) in [6.45, 7) is 10.8. The Morgan fingerprint density at radius 3 is 2.33 bits per heavy atom. The van der Waals surface area contributed by atoms with E-state index in [0.717, 1.165) is 12.8 Å². The summed E-state index contributed by atoms with van der Waals surface area (Å²) in [6.07, 6.45) is 3.00. The van der Waals surface area contributed by atoms with Crippen LogP contribution in [0.1, 0.15) is 53.9 Å². The standard InChI is InChI=1S/C15H27NOS/c1-10(17)11(2)18-14-8-13(15(3,4)5)7-6-12(14)9-16/h10-14,17H,6-8H2,1-5H3. The summed E-state index contributed by atoms with van der Waals surface area (Å²) in [5, 5.41) is 19.5. The molecule has 0 bridgehead atoms. The minimum absolute atomic E-state index is 0.162. The summed E-state index contributed by atoms with van der Waals surface area (Å²) in [5.74, 6) is 0.857. The van der Waals surface area contributed by atoms with E-state index in [1.807, 2.05) is 18.7 Å². The largest absolute Gasteiger partial charge is 0.392 e. The molecule has 1 N–H and O–H groups in total. The number of nitrogens with zero attached hydrogens (tertiary/aromatic N) is 1. The molecule has 1 aliphatic rings. The zero-order chi connectivity index (χ0) is 13.9. The lowest BCUT2D eigenvalue weighted by atomic mass is 9.70. The number of rotatable bonds is 3. The Balaban J connectivity index is 2.69. The van der Waals surface area contributed by atoms with Gasteiger partial charge in [-0.2, -0.15) is 17.0 Å². The molecule has 3 heteroatoms. The topological polar surface area (TPSA) is 44.0 Å². The third-order valence-electron chi connectivity index (χ3n) is 4.25. The van der Waals surface area contributed by atoms with Crippen LogP contribution in [-0.2, 0) is 0 Å². The Labute approximate surface area is 116 Å². The Kier molecular flexibility index (Phi) is 5.55. The minimum Gasteiger partial charge on any atom is -0.392 e. The van der Waals surface area contributed by atoms with Crippen molar-refractivity contribution in [3.63, 3.8) is 0 Å². The molecule has 1 rings (SSSR count). The van der Waals surface area contributed by atoms with E-state index >= 15 is 0 Å². The van der Waals surface area contributed by atoms with Crippen LogP contribution in [0.2, 0.25) is 0 Å². The molecule has 0 heterocycles. The van der Waals surface area contributed by atoms with Crippen LogP contribution in [0.3, 0.4) is 0 Å². The van der Waals surface area contributed by atoms with Gasteiger partial charge in [0.2, 0.25) is 0 Å². The van der Waals surface area contributed by atoms with Crippen molar-refractivity contribution in [2.24, 2.45) is 17.3 Å². The molecule has 1 saturated carbocycles. The fourth-order valence-electron chi connectivity index (χ4n) is 2.60. The lowest BCUT2D eigenvalue weighted by Crippen LogP contribution is -2.34. The second-order valence-corrected chi connectivity index (χ2v) is 8.35. The van der Waals surface area contributed by atoms with Crippen LogP contribution in [0.15, 0.2) is 0 Å². The van der Waals surface area contributed by atoms with Gasteiger partial charge in [-0.25, -0.2) is 0 Å². The molecule has 0 aromatic carbocycles. The Morgan fingerprint density at radius 1 is 1.28 bits per heavy atom. The minimum atomic E-state index is -0.302. The first-order chi connectivity index (χ1) is 8.25. The summed E-state index contributed by atoms with van der Waals surface area (Å²) >= 11 is 1.81. The maximum atomic E-state index is 9.63. The SMILES string of the molecule is CC(O)C(C)SC1CC(C(C)(C)C)CCC1C#N. The second-order valence-electron chi connectivity index (χ2n) is 6.73. The highest BCUT2D eigenvalue weighted by atomic mass is 32.2. The molecule has 0 spiro atoms. The molecule has 5 atom stereocenters.